The third-order valence-corrected chi connectivity index (χ3v) is 2.96. The van der Waals surface area contributed by atoms with E-state index in [0.717, 1.165) is 17.0 Å². The number of hydrogen-bond donors (Lipinski definition) is 2. The summed E-state index contributed by atoms with van der Waals surface area (Å²) in [5, 5.41) is 6.00. The molecule has 1 amide bonds. The Hall–Kier alpha value is -2.07. The van der Waals surface area contributed by atoms with Gasteiger partial charge in [-0.2, -0.15) is 0 Å². The number of carbonyl (C=O) groups is 1. The van der Waals surface area contributed by atoms with Crippen molar-refractivity contribution in [1.29, 1.82) is 0 Å². The topological polar surface area (TPSA) is 54.3 Å². The molecule has 0 bridgehead atoms. The lowest BCUT2D eigenvalue weighted by atomic mass is 10.2. The highest BCUT2D eigenvalue weighted by molar-refractivity contribution is 5.92. The molecule has 4 nitrogen and oxygen atoms in total. The Morgan fingerprint density at radius 3 is 2.74 bits per heavy atom. The maximum atomic E-state index is 11.8. The molecule has 2 rings (SSSR count). The summed E-state index contributed by atoms with van der Waals surface area (Å²) in [6, 6.07) is 11.4. The van der Waals surface area contributed by atoms with Crippen LogP contribution >= 0.6 is 0 Å². The third-order valence-electron chi connectivity index (χ3n) is 2.96. The van der Waals surface area contributed by atoms with Gasteiger partial charge in [-0.15, -0.1) is 0 Å². The number of carbonyl (C=O) groups excluding carboxylic acids is 1. The fourth-order valence-electron chi connectivity index (χ4n) is 1.79. The molecule has 2 aromatic rings. The van der Waals surface area contributed by atoms with Gasteiger partial charge in [-0.3, -0.25) is 10.1 Å². The molecule has 19 heavy (non-hydrogen) atoms. The Kier molecular flexibility index (Phi) is 4.36. The molecule has 1 atom stereocenters. The van der Waals surface area contributed by atoms with Crippen LogP contribution in [0, 0.1) is 6.92 Å². The van der Waals surface area contributed by atoms with E-state index in [-0.39, 0.29) is 18.5 Å². The van der Waals surface area contributed by atoms with E-state index in [1.807, 2.05) is 50.2 Å². The molecule has 100 valence electrons. The number of amides is 1. The van der Waals surface area contributed by atoms with E-state index in [4.69, 9.17) is 4.42 Å². The highest BCUT2D eigenvalue weighted by atomic mass is 16.3. The Balaban J connectivity index is 1.84. The standard InChI is InChI=1S/C15H18N2O2/c1-11-6-3-4-7-13(11)17-15(18)10-16-12(2)14-8-5-9-19-14/h3-9,12,16H,10H2,1-2H3,(H,17,18). The van der Waals surface area contributed by atoms with Crippen molar-refractivity contribution < 1.29 is 9.21 Å². The van der Waals surface area contributed by atoms with Crippen molar-refractivity contribution in [3.8, 4) is 0 Å². The van der Waals surface area contributed by atoms with E-state index in [1.165, 1.54) is 0 Å². The second-order valence-electron chi connectivity index (χ2n) is 4.48. The van der Waals surface area contributed by atoms with Gasteiger partial charge in [-0.1, -0.05) is 18.2 Å². The molecule has 0 fully saturated rings. The van der Waals surface area contributed by atoms with Gasteiger partial charge in [0.05, 0.1) is 18.8 Å². The second-order valence-corrected chi connectivity index (χ2v) is 4.48. The molecule has 0 saturated heterocycles. The van der Waals surface area contributed by atoms with Crippen LogP contribution in [-0.4, -0.2) is 12.5 Å². The lowest BCUT2D eigenvalue weighted by Crippen LogP contribution is -2.30. The van der Waals surface area contributed by atoms with E-state index in [2.05, 4.69) is 10.6 Å². The molecule has 1 heterocycles. The fourth-order valence-corrected chi connectivity index (χ4v) is 1.79. The third kappa shape index (κ3) is 3.69. The highest BCUT2D eigenvalue weighted by Gasteiger charge is 2.10. The van der Waals surface area contributed by atoms with E-state index in [1.54, 1.807) is 6.26 Å². The van der Waals surface area contributed by atoms with E-state index >= 15 is 0 Å². The zero-order valence-corrected chi connectivity index (χ0v) is 11.1. The molecule has 1 aromatic heterocycles. The molecule has 0 aliphatic heterocycles. The highest BCUT2D eigenvalue weighted by Crippen LogP contribution is 2.14. The summed E-state index contributed by atoms with van der Waals surface area (Å²) in [6.45, 7) is 4.17. The maximum Gasteiger partial charge on any atom is 0.238 e. The Labute approximate surface area is 112 Å². The summed E-state index contributed by atoms with van der Waals surface area (Å²) in [5.41, 5.74) is 1.90. The molecule has 0 radical (unpaired) electrons. The molecule has 0 aliphatic carbocycles. The minimum Gasteiger partial charge on any atom is -0.468 e. The van der Waals surface area contributed by atoms with Crippen molar-refractivity contribution in [2.24, 2.45) is 0 Å². The summed E-state index contributed by atoms with van der Waals surface area (Å²) < 4.78 is 5.27. The molecule has 2 N–H and O–H groups in total. The number of rotatable bonds is 5. The number of nitrogens with one attached hydrogen (secondary N) is 2. The van der Waals surface area contributed by atoms with Gasteiger partial charge in [0.1, 0.15) is 5.76 Å². The van der Waals surface area contributed by atoms with Gasteiger partial charge in [0, 0.05) is 5.69 Å². The summed E-state index contributed by atoms with van der Waals surface area (Å²) in [7, 11) is 0. The van der Waals surface area contributed by atoms with Crippen molar-refractivity contribution in [2.45, 2.75) is 19.9 Å². The van der Waals surface area contributed by atoms with Gasteiger partial charge in [-0.05, 0) is 37.6 Å². The van der Waals surface area contributed by atoms with Crippen molar-refractivity contribution in [2.75, 3.05) is 11.9 Å². The molecule has 4 heteroatoms. The van der Waals surface area contributed by atoms with Crippen molar-refractivity contribution in [1.82, 2.24) is 5.32 Å². The summed E-state index contributed by atoms with van der Waals surface area (Å²) in [5.74, 6) is 0.761. The smallest absolute Gasteiger partial charge is 0.238 e. The first-order valence-corrected chi connectivity index (χ1v) is 6.29. The average molecular weight is 258 g/mol. The van der Waals surface area contributed by atoms with Gasteiger partial charge >= 0.3 is 0 Å². The van der Waals surface area contributed by atoms with E-state index in [0.29, 0.717) is 0 Å². The van der Waals surface area contributed by atoms with Crippen LogP contribution in [0.4, 0.5) is 5.69 Å². The van der Waals surface area contributed by atoms with Gasteiger partial charge in [0.2, 0.25) is 5.91 Å². The molecular weight excluding hydrogens is 240 g/mol. The SMILES string of the molecule is Cc1ccccc1NC(=O)CNC(C)c1ccco1. The molecule has 1 aromatic carbocycles. The number of benzene rings is 1. The Bertz CT molecular complexity index is 535. The van der Waals surface area contributed by atoms with Crippen LogP contribution in [-0.2, 0) is 4.79 Å². The fraction of sp³-hybridized carbons (Fsp3) is 0.267. The minimum atomic E-state index is -0.0623. The summed E-state index contributed by atoms with van der Waals surface area (Å²) in [6.07, 6.45) is 1.63. The van der Waals surface area contributed by atoms with Gasteiger partial charge in [0.15, 0.2) is 0 Å². The van der Waals surface area contributed by atoms with Crippen molar-refractivity contribution >= 4 is 11.6 Å². The minimum absolute atomic E-state index is 0.0117. The number of anilines is 1. The Morgan fingerprint density at radius 2 is 2.05 bits per heavy atom. The zero-order chi connectivity index (χ0) is 13.7. The quantitative estimate of drug-likeness (QED) is 0.867. The lowest BCUT2D eigenvalue weighted by molar-refractivity contribution is -0.115. The predicted molar refractivity (Wildman–Crippen MR) is 74.9 cm³/mol. The molecular formula is C15H18N2O2. The number of aryl methyl sites for hydroxylation is 1. The average Bonchev–Trinajstić information content (AvgIpc) is 2.93. The van der Waals surface area contributed by atoms with Crippen molar-refractivity contribution in [3.63, 3.8) is 0 Å². The first-order valence-electron chi connectivity index (χ1n) is 6.29. The van der Waals surface area contributed by atoms with Crippen LogP contribution in [0.1, 0.15) is 24.3 Å². The van der Waals surface area contributed by atoms with Crippen LogP contribution in [0.15, 0.2) is 47.1 Å². The Morgan fingerprint density at radius 1 is 1.26 bits per heavy atom. The van der Waals surface area contributed by atoms with Crippen molar-refractivity contribution in [3.05, 3.63) is 54.0 Å². The van der Waals surface area contributed by atoms with Crippen LogP contribution < -0.4 is 10.6 Å². The molecule has 0 aliphatic rings. The van der Waals surface area contributed by atoms with Gasteiger partial charge in [-0.25, -0.2) is 0 Å². The summed E-state index contributed by atoms with van der Waals surface area (Å²) in [4.78, 5) is 11.8. The summed E-state index contributed by atoms with van der Waals surface area (Å²) >= 11 is 0. The van der Waals surface area contributed by atoms with E-state index < -0.39 is 0 Å². The lowest BCUT2D eigenvalue weighted by Gasteiger charge is -2.12. The van der Waals surface area contributed by atoms with Gasteiger partial charge < -0.3 is 9.73 Å². The molecule has 1 unspecified atom stereocenters. The largest absolute Gasteiger partial charge is 0.468 e. The molecule has 0 saturated carbocycles. The van der Waals surface area contributed by atoms with E-state index in [9.17, 15) is 4.79 Å². The van der Waals surface area contributed by atoms with Crippen LogP contribution in [0.25, 0.3) is 0 Å². The van der Waals surface area contributed by atoms with Crippen LogP contribution in [0.3, 0.4) is 0 Å². The van der Waals surface area contributed by atoms with Gasteiger partial charge in [0.25, 0.3) is 0 Å². The monoisotopic (exact) mass is 258 g/mol. The molecule has 0 spiro atoms. The maximum absolute atomic E-state index is 11.8. The number of para-hydroxylation sites is 1. The first-order chi connectivity index (χ1) is 9.16. The first kappa shape index (κ1) is 13.4. The second kappa shape index (κ2) is 6.20. The zero-order valence-electron chi connectivity index (χ0n) is 11.1. The van der Waals surface area contributed by atoms with Crippen LogP contribution in [0.5, 0.6) is 0 Å². The van der Waals surface area contributed by atoms with Crippen LogP contribution in [0.2, 0.25) is 0 Å². The number of furan rings is 1. The normalized spacial score (nSPS) is 12.1. The predicted octanol–water partition coefficient (Wildman–Crippen LogP) is 2.88. The number of hydrogen-bond acceptors (Lipinski definition) is 3.